The fourth-order valence-electron chi connectivity index (χ4n) is 3.44. The third-order valence-corrected chi connectivity index (χ3v) is 5.20. The maximum Gasteiger partial charge on any atom is 0.416 e. The van der Waals surface area contributed by atoms with Crippen LogP contribution >= 0.6 is 0 Å². The SMILES string of the molecule is COc1cc(C(=O)OCc2cccc(C(F)(F)F)c2)c(C)cc1N=C1CCCCN1C. The zero-order chi connectivity index (χ0) is 22.6. The summed E-state index contributed by atoms with van der Waals surface area (Å²) in [6.07, 6.45) is -1.38. The van der Waals surface area contributed by atoms with E-state index in [4.69, 9.17) is 14.5 Å². The van der Waals surface area contributed by atoms with Crippen LogP contribution in [0.2, 0.25) is 0 Å². The molecule has 2 aromatic carbocycles. The van der Waals surface area contributed by atoms with Crippen molar-refractivity contribution in [2.24, 2.45) is 4.99 Å². The summed E-state index contributed by atoms with van der Waals surface area (Å²) in [6, 6.07) is 8.04. The lowest BCUT2D eigenvalue weighted by molar-refractivity contribution is -0.137. The van der Waals surface area contributed by atoms with E-state index in [1.807, 2.05) is 7.05 Å². The lowest BCUT2D eigenvalue weighted by Crippen LogP contribution is -2.31. The number of rotatable bonds is 5. The molecule has 166 valence electrons. The molecule has 1 fully saturated rings. The fourth-order valence-corrected chi connectivity index (χ4v) is 3.44. The molecule has 1 aliphatic rings. The Morgan fingerprint density at radius 2 is 1.97 bits per heavy atom. The van der Waals surface area contributed by atoms with E-state index < -0.39 is 17.7 Å². The van der Waals surface area contributed by atoms with Gasteiger partial charge in [0.2, 0.25) is 0 Å². The number of esters is 1. The van der Waals surface area contributed by atoms with Gasteiger partial charge in [0, 0.05) is 20.0 Å². The molecule has 0 aromatic heterocycles. The molecule has 0 N–H and O–H groups in total. The van der Waals surface area contributed by atoms with Gasteiger partial charge in [0.05, 0.1) is 18.2 Å². The number of aryl methyl sites for hydroxylation is 1. The van der Waals surface area contributed by atoms with Crippen molar-refractivity contribution in [2.45, 2.75) is 39.0 Å². The highest BCUT2D eigenvalue weighted by Crippen LogP contribution is 2.33. The van der Waals surface area contributed by atoms with E-state index in [9.17, 15) is 18.0 Å². The summed E-state index contributed by atoms with van der Waals surface area (Å²) in [7, 11) is 3.49. The molecule has 1 saturated heterocycles. The van der Waals surface area contributed by atoms with Gasteiger partial charge in [0.25, 0.3) is 0 Å². The van der Waals surface area contributed by atoms with Gasteiger partial charge in [-0.25, -0.2) is 9.79 Å². The monoisotopic (exact) mass is 434 g/mol. The molecule has 1 aliphatic heterocycles. The number of hydrogen-bond acceptors (Lipinski definition) is 4. The molecule has 0 bridgehead atoms. The lowest BCUT2D eigenvalue weighted by Gasteiger charge is -2.26. The second-order valence-corrected chi connectivity index (χ2v) is 7.52. The van der Waals surface area contributed by atoms with Crippen molar-refractivity contribution in [2.75, 3.05) is 20.7 Å². The number of halogens is 3. The van der Waals surface area contributed by atoms with Gasteiger partial charge in [0.1, 0.15) is 23.9 Å². The first-order valence-electron chi connectivity index (χ1n) is 9.99. The first-order valence-corrected chi connectivity index (χ1v) is 9.99. The van der Waals surface area contributed by atoms with E-state index in [1.54, 1.807) is 19.1 Å². The zero-order valence-electron chi connectivity index (χ0n) is 17.8. The maximum absolute atomic E-state index is 12.9. The number of carbonyl (C=O) groups is 1. The highest BCUT2D eigenvalue weighted by molar-refractivity contribution is 5.93. The molecular formula is C23H25F3N2O3. The van der Waals surface area contributed by atoms with Gasteiger partial charge in [-0.3, -0.25) is 0 Å². The number of carbonyl (C=O) groups excluding carboxylic acids is 1. The number of alkyl halides is 3. The number of benzene rings is 2. The second-order valence-electron chi connectivity index (χ2n) is 7.52. The van der Waals surface area contributed by atoms with Gasteiger partial charge in [0.15, 0.2) is 0 Å². The molecule has 2 aromatic rings. The van der Waals surface area contributed by atoms with E-state index in [-0.39, 0.29) is 17.7 Å². The summed E-state index contributed by atoms with van der Waals surface area (Å²) in [6.45, 7) is 2.44. The molecule has 3 rings (SSSR count). The molecule has 0 radical (unpaired) electrons. The number of piperidine rings is 1. The standard InChI is InChI=1S/C23H25F3N2O3/c1-15-11-19(27-21-9-4-5-10-28(21)2)20(30-3)13-18(15)22(29)31-14-16-7-6-8-17(12-16)23(24,25)26/h6-8,11-13H,4-5,9-10,14H2,1-3H3. The Balaban J connectivity index is 1.78. The summed E-state index contributed by atoms with van der Waals surface area (Å²) in [5, 5.41) is 0. The van der Waals surface area contributed by atoms with E-state index >= 15 is 0 Å². The Hall–Kier alpha value is -3.03. The third-order valence-electron chi connectivity index (χ3n) is 5.20. The Labute approximate surface area is 179 Å². The number of nitrogens with zero attached hydrogens (tertiary/aromatic N) is 2. The number of hydrogen-bond donors (Lipinski definition) is 0. The Bertz CT molecular complexity index is 987. The number of amidine groups is 1. The third kappa shape index (κ3) is 5.57. The predicted octanol–water partition coefficient (Wildman–Crippen LogP) is 5.53. The Morgan fingerprint density at radius 3 is 2.65 bits per heavy atom. The maximum atomic E-state index is 12.9. The smallest absolute Gasteiger partial charge is 0.416 e. The normalized spacial score (nSPS) is 15.8. The average molecular weight is 434 g/mol. The van der Waals surface area contributed by atoms with Crippen molar-refractivity contribution in [1.29, 1.82) is 0 Å². The van der Waals surface area contributed by atoms with Crippen molar-refractivity contribution in [3.8, 4) is 5.75 Å². The molecule has 0 atom stereocenters. The summed E-state index contributed by atoms with van der Waals surface area (Å²) in [4.78, 5) is 19.4. The number of methoxy groups -OCH3 is 1. The minimum atomic E-state index is -4.45. The molecule has 0 unspecified atom stereocenters. The summed E-state index contributed by atoms with van der Waals surface area (Å²) in [5.74, 6) is 0.758. The molecule has 8 heteroatoms. The molecular weight excluding hydrogens is 409 g/mol. The number of likely N-dealkylation sites (tertiary alicyclic amines) is 1. The highest BCUT2D eigenvalue weighted by Gasteiger charge is 2.30. The number of ether oxygens (including phenoxy) is 2. The molecule has 0 aliphatic carbocycles. The Kier molecular flexibility index (Phi) is 6.87. The van der Waals surface area contributed by atoms with Gasteiger partial charge in [-0.2, -0.15) is 13.2 Å². The van der Waals surface area contributed by atoms with Crippen LogP contribution in [0.1, 0.15) is 46.3 Å². The molecule has 5 nitrogen and oxygen atoms in total. The molecule has 31 heavy (non-hydrogen) atoms. The van der Waals surface area contributed by atoms with Crippen LogP contribution in [-0.2, 0) is 17.5 Å². The van der Waals surface area contributed by atoms with Crippen molar-refractivity contribution < 1.29 is 27.4 Å². The van der Waals surface area contributed by atoms with Gasteiger partial charge < -0.3 is 14.4 Å². The van der Waals surface area contributed by atoms with Crippen LogP contribution in [0.25, 0.3) is 0 Å². The van der Waals surface area contributed by atoms with E-state index in [0.717, 1.165) is 43.8 Å². The van der Waals surface area contributed by atoms with Gasteiger partial charge in [-0.15, -0.1) is 0 Å². The summed E-state index contributed by atoms with van der Waals surface area (Å²) < 4.78 is 49.3. The molecule has 0 saturated carbocycles. The minimum Gasteiger partial charge on any atom is -0.494 e. The first kappa shape index (κ1) is 22.7. The van der Waals surface area contributed by atoms with E-state index in [0.29, 0.717) is 17.0 Å². The van der Waals surface area contributed by atoms with Gasteiger partial charge in [-0.05, 0) is 55.2 Å². The summed E-state index contributed by atoms with van der Waals surface area (Å²) in [5.41, 5.74) is 1.03. The van der Waals surface area contributed by atoms with Crippen LogP contribution in [0.5, 0.6) is 5.75 Å². The minimum absolute atomic E-state index is 0.260. The highest BCUT2D eigenvalue weighted by atomic mass is 19.4. The van der Waals surface area contributed by atoms with E-state index in [1.165, 1.54) is 19.2 Å². The molecule has 1 heterocycles. The molecule has 0 amide bonds. The average Bonchev–Trinajstić information content (AvgIpc) is 2.73. The first-order chi connectivity index (χ1) is 14.7. The Morgan fingerprint density at radius 1 is 1.19 bits per heavy atom. The van der Waals surface area contributed by atoms with E-state index in [2.05, 4.69) is 4.90 Å². The molecule has 0 spiro atoms. The van der Waals surface area contributed by atoms with Crippen LogP contribution in [0, 0.1) is 6.92 Å². The fraction of sp³-hybridized carbons (Fsp3) is 0.391. The second kappa shape index (κ2) is 9.41. The van der Waals surface area contributed by atoms with Crippen molar-refractivity contribution in [3.63, 3.8) is 0 Å². The number of aliphatic imine (C=N–C) groups is 1. The van der Waals surface area contributed by atoms with Gasteiger partial charge >= 0.3 is 12.1 Å². The van der Waals surface area contributed by atoms with Crippen LogP contribution in [0.4, 0.5) is 18.9 Å². The van der Waals surface area contributed by atoms with Crippen LogP contribution in [0.3, 0.4) is 0 Å². The van der Waals surface area contributed by atoms with Crippen molar-refractivity contribution in [3.05, 3.63) is 58.7 Å². The van der Waals surface area contributed by atoms with Crippen LogP contribution < -0.4 is 4.74 Å². The van der Waals surface area contributed by atoms with Crippen molar-refractivity contribution in [1.82, 2.24) is 4.90 Å². The quantitative estimate of drug-likeness (QED) is 0.581. The topological polar surface area (TPSA) is 51.1 Å². The lowest BCUT2D eigenvalue weighted by atomic mass is 10.1. The van der Waals surface area contributed by atoms with Crippen LogP contribution in [-0.4, -0.2) is 37.4 Å². The largest absolute Gasteiger partial charge is 0.494 e. The predicted molar refractivity (Wildman–Crippen MR) is 112 cm³/mol. The van der Waals surface area contributed by atoms with Crippen molar-refractivity contribution >= 4 is 17.5 Å². The van der Waals surface area contributed by atoms with Gasteiger partial charge in [-0.1, -0.05) is 12.1 Å². The van der Waals surface area contributed by atoms with Crippen LogP contribution in [0.15, 0.2) is 41.4 Å². The summed E-state index contributed by atoms with van der Waals surface area (Å²) >= 11 is 0. The zero-order valence-corrected chi connectivity index (χ0v) is 17.8.